The molecule has 21 heavy (non-hydrogen) atoms. The predicted molar refractivity (Wildman–Crippen MR) is 83.6 cm³/mol. The van der Waals surface area contributed by atoms with Crippen LogP contribution in [0.5, 0.6) is 0 Å². The van der Waals surface area contributed by atoms with Crippen LogP contribution in [0.3, 0.4) is 0 Å². The summed E-state index contributed by atoms with van der Waals surface area (Å²) in [5.41, 5.74) is 1.64. The summed E-state index contributed by atoms with van der Waals surface area (Å²) in [7, 11) is 0. The molecule has 1 aromatic heterocycles. The van der Waals surface area contributed by atoms with Gasteiger partial charge in [0.2, 0.25) is 0 Å². The number of pyridine rings is 1. The van der Waals surface area contributed by atoms with Crippen molar-refractivity contribution in [2.75, 3.05) is 31.6 Å². The van der Waals surface area contributed by atoms with Crippen LogP contribution in [-0.2, 0) is 4.74 Å². The molecule has 1 aliphatic rings. The van der Waals surface area contributed by atoms with E-state index in [1.54, 1.807) is 6.07 Å². The van der Waals surface area contributed by atoms with Crippen LogP contribution < -0.4 is 10.6 Å². The van der Waals surface area contributed by atoms with E-state index >= 15 is 0 Å². The van der Waals surface area contributed by atoms with Crippen LogP contribution in [0.25, 0.3) is 0 Å². The lowest BCUT2D eigenvalue weighted by molar-refractivity contribution is 0.0238. The third kappa shape index (κ3) is 4.43. The van der Waals surface area contributed by atoms with E-state index in [4.69, 9.17) is 4.74 Å². The molecule has 1 amide bonds. The van der Waals surface area contributed by atoms with Crippen LogP contribution in [0.1, 0.15) is 42.7 Å². The lowest BCUT2D eigenvalue weighted by Crippen LogP contribution is -2.39. The SMILES string of the molecule is CCNc1cc(C(=O)NCC2(C)CCOCC2)cc(C)n1. The zero-order valence-electron chi connectivity index (χ0n) is 13.2. The number of hydrogen-bond donors (Lipinski definition) is 2. The monoisotopic (exact) mass is 291 g/mol. The quantitative estimate of drug-likeness (QED) is 0.874. The molecule has 1 aromatic rings. The summed E-state index contributed by atoms with van der Waals surface area (Å²) >= 11 is 0. The predicted octanol–water partition coefficient (Wildman–Crippen LogP) is 2.37. The third-order valence-corrected chi connectivity index (χ3v) is 3.95. The summed E-state index contributed by atoms with van der Waals surface area (Å²) < 4.78 is 5.39. The molecule has 116 valence electrons. The van der Waals surface area contributed by atoms with Crippen molar-refractivity contribution in [1.82, 2.24) is 10.3 Å². The van der Waals surface area contributed by atoms with Gasteiger partial charge in [0.15, 0.2) is 0 Å². The highest BCUT2D eigenvalue weighted by Gasteiger charge is 2.27. The van der Waals surface area contributed by atoms with Crippen LogP contribution in [-0.4, -0.2) is 37.2 Å². The van der Waals surface area contributed by atoms with Crippen molar-refractivity contribution in [2.45, 2.75) is 33.6 Å². The standard InChI is InChI=1S/C16H25N3O2/c1-4-17-14-10-13(9-12(2)19-14)15(20)18-11-16(3)5-7-21-8-6-16/h9-10H,4-8,11H2,1-3H3,(H,17,19)(H,18,20). The number of rotatable bonds is 5. The van der Waals surface area contributed by atoms with Gasteiger partial charge in [0, 0.05) is 37.6 Å². The molecular weight excluding hydrogens is 266 g/mol. The normalized spacial score (nSPS) is 17.3. The Kier molecular flexibility index (Phi) is 5.17. The van der Waals surface area contributed by atoms with Crippen molar-refractivity contribution >= 4 is 11.7 Å². The van der Waals surface area contributed by atoms with Crippen molar-refractivity contribution in [3.63, 3.8) is 0 Å². The van der Waals surface area contributed by atoms with Gasteiger partial charge in [-0.05, 0) is 44.2 Å². The minimum absolute atomic E-state index is 0.0348. The molecule has 0 spiro atoms. The molecule has 0 atom stereocenters. The number of hydrogen-bond acceptors (Lipinski definition) is 4. The van der Waals surface area contributed by atoms with Gasteiger partial charge in [-0.1, -0.05) is 6.92 Å². The minimum atomic E-state index is -0.0348. The van der Waals surface area contributed by atoms with E-state index < -0.39 is 0 Å². The Morgan fingerprint density at radius 3 is 2.76 bits per heavy atom. The topological polar surface area (TPSA) is 63.2 Å². The number of nitrogens with one attached hydrogen (secondary N) is 2. The Bertz CT molecular complexity index is 496. The average molecular weight is 291 g/mol. The Hall–Kier alpha value is -1.62. The van der Waals surface area contributed by atoms with Gasteiger partial charge in [-0.3, -0.25) is 4.79 Å². The van der Waals surface area contributed by atoms with E-state index in [2.05, 4.69) is 22.5 Å². The number of aryl methyl sites for hydroxylation is 1. The molecule has 1 fully saturated rings. The number of nitrogens with zero attached hydrogens (tertiary/aromatic N) is 1. The number of amides is 1. The Labute approximate surface area is 126 Å². The lowest BCUT2D eigenvalue weighted by Gasteiger charge is -2.33. The molecule has 0 aliphatic carbocycles. The fourth-order valence-corrected chi connectivity index (χ4v) is 2.51. The molecule has 0 radical (unpaired) electrons. The number of carbonyl (C=O) groups is 1. The number of anilines is 1. The summed E-state index contributed by atoms with van der Waals surface area (Å²) in [5.74, 6) is 0.715. The van der Waals surface area contributed by atoms with Crippen molar-refractivity contribution in [2.24, 2.45) is 5.41 Å². The van der Waals surface area contributed by atoms with Gasteiger partial charge in [0.1, 0.15) is 5.82 Å². The summed E-state index contributed by atoms with van der Waals surface area (Å²) in [6.45, 7) is 9.16. The summed E-state index contributed by atoms with van der Waals surface area (Å²) in [5, 5.41) is 6.20. The van der Waals surface area contributed by atoms with E-state index in [1.807, 2.05) is 19.9 Å². The first kappa shape index (κ1) is 15.8. The zero-order valence-corrected chi connectivity index (χ0v) is 13.2. The third-order valence-electron chi connectivity index (χ3n) is 3.95. The van der Waals surface area contributed by atoms with Gasteiger partial charge in [-0.15, -0.1) is 0 Å². The maximum atomic E-state index is 12.3. The summed E-state index contributed by atoms with van der Waals surface area (Å²) in [4.78, 5) is 16.7. The van der Waals surface area contributed by atoms with E-state index in [0.29, 0.717) is 12.1 Å². The molecule has 2 N–H and O–H groups in total. The van der Waals surface area contributed by atoms with Crippen LogP contribution in [0.15, 0.2) is 12.1 Å². The molecule has 5 nitrogen and oxygen atoms in total. The molecule has 2 heterocycles. The highest BCUT2D eigenvalue weighted by molar-refractivity contribution is 5.95. The second-order valence-corrected chi connectivity index (χ2v) is 6.02. The fraction of sp³-hybridized carbons (Fsp3) is 0.625. The first-order valence-electron chi connectivity index (χ1n) is 7.61. The second kappa shape index (κ2) is 6.89. The second-order valence-electron chi connectivity index (χ2n) is 6.02. The Morgan fingerprint density at radius 1 is 1.38 bits per heavy atom. The van der Waals surface area contributed by atoms with Crippen LogP contribution in [0, 0.1) is 12.3 Å². The minimum Gasteiger partial charge on any atom is -0.381 e. The number of carbonyl (C=O) groups excluding carboxylic acids is 1. The molecule has 5 heteroatoms. The van der Waals surface area contributed by atoms with E-state index in [0.717, 1.165) is 44.1 Å². The molecule has 1 saturated heterocycles. The molecule has 0 bridgehead atoms. The van der Waals surface area contributed by atoms with Crippen molar-refractivity contribution in [3.8, 4) is 0 Å². The highest BCUT2D eigenvalue weighted by Crippen LogP contribution is 2.28. The largest absolute Gasteiger partial charge is 0.381 e. The van der Waals surface area contributed by atoms with Gasteiger partial charge in [-0.2, -0.15) is 0 Å². The van der Waals surface area contributed by atoms with Gasteiger partial charge >= 0.3 is 0 Å². The van der Waals surface area contributed by atoms with Gasteiger partial charge in [0.25, 0.3) is 5.91 Å². The zero-order chi connectivity index (χ0) is 15.3. The molecule has 2 rings (SSSR count). The number of ether oxygens (including phenoxy) is 1. The van der Waals surface area contributed by atoms with Crippen molar-refractivity contribution in [1.29, 1.82) is 0 Å². The average Bonchev–Trinajstić information content (AvgIpc) is 2.45. The first-order valence-corrected chi connectivity index (χ1v) is 7.61. The Balaban J connectivity index is 1.99. The smallest absolute Gasteiger partial charge is 0.251 e. The van der Waals surface area contributed by atoms with Gasteiger partial charge in [-0.25, -0.2) is 4.98 Å². The molecular formula is C16H25N3O2. The fourth-order valence-electron chi connectivity index (χ4n) is 2.51. The maximum Gasteiger partial charge on any atom is 0.251 e. The van der Waals surface area contributed by atoms with E-state index in [1.165, 1.54) is 0 Å². The van der Waals surface area contributed by atoms with Crippen molar-refractivity contribution in [3.05, 3.63) is 23.4 Å². The molecule has 0 unspecified atom stereocenters. The van der Waals surface area contributed by atoms with E-state index in [9.17, 15) is 4.79 Å². The first-order chi connectivity index (χ1) is 10.0. The van der Waals surface area contributed by atoms with Crippen LogP contribution >= 0.6 is 0 Å². The van der Waals surface area contributed by atoms with E-state index in [-0.39, 0.29) is 11.3 Å². The molecule has 1 aliphatic heterocycles. The summed E-state index contributed by atoms with van der Waals surface area (Å²) in [6.07, 6.45) is 1.98. The van der Waals surface area contributed by atoms with Crippen LogP contribution in [0.4, 0.5) is 5.82 Å². The van der Waals surface area contributed by atoms with Gasteiger partial charge < -0.3 is 15.4 Å². The maximum absolute atomic E-state index is 12.3. The Morgan fingerprint density at radius 2 is 2.10 bits per heavy atom. The van der Waals surface area contributed by atoms with Gasteiger partial charge in [0.05, 0.1) is 0 Å². The summed E-state index contributed by atoms with van der Waals surface area (Å²) in [6, 6.07) is 3.63. The highest BCUT2D eigenvalue weighted by atomic mass is 16.5. The van der Waals surface area contributed by atoms with Crippen molar-refractivity contribution < 1.29 is 9.53 Å². The molecule has 0 saturated carbocycles. The number of aromatic nitrogens is 1. The lowest BCUT2D eigenvalue weighted by atomic mass is 9.82. The van der Waals surface area contributed by atoms with Crippen LogP contribution in [0.2, 0.25) is 0 Å². The molecule has 0 aromatic carbocycles.